The van der Waals surface area contributed by atoms with Crippen LogP contribution < -0.4 is 9.47 Å². The van der Waals surface area contributed by atoms with Gasteiger partial charge in [-0.15, -0.1) is 0 Å². The van der Waals surface area contributed by atoms with Crippen molar-refractivity contribution in [3.05, 3.63) is 66.6 Å². The normalized spacial score (nSPS) is 10.7. The molecule has 3 aromatic heterocycles. The van der Waals surface area contributed by atoms with Crippen molar-refractivity contribution < 1.29 is 19.4 Å². The van der Waals surface area contributed by atoms with Crippen LogP contribution in [0.2, 0.25) is 0 Å². The summed E-state index contributed by atoms with van der Waals surface area (Å²) in [6.07, 6.45) is 3.52. The molecule has 27 heavy (non-hydrogen) atoms. The second-order valence-corrected chi connectivity index (χ2v) is 5.68. The molecular formula is C19H14N4O4. The molecule has 0 atom stereocenters. The van der Waals surface area contributed by atoms with Gasteiger partial charge in [0.2, 0.25) is 11.8 Å². The number of fused-ring (bicyclic) bond motifs is 1. The molecular weight excluding hydrogens is 348 g/mol. The highest BCUT2D eigenvalue weighted by molar-refractivity contribution is 5.89. The van der Waals surface area contributed by atoms with E-state index in [2.05, 4.69) is 15.0 Å². The van der Waals surface area contributed by atoms with Gasteiger partial charge in [0.25, 0.3) is 0 Å². The van der Waals surface area contributed by atoms with Crippen LogP contribution in [0.5, 0.6) is 17.5 Å². The van der Waals surface area contributed by atoms with E-state index in [1.54, 1.807) is 42.6 Å². The number of hydrogen-bond acceptors (Lipinski definition) is 7. The van der Waals surface area contributed by atoms with E-state index in [9.17, 15) is 9.90 Å². The molecule has 0 radical (unpaired) electrons. The van der Waals surface area contributed by atoms with Gasteiger partial charge in [0.05, 0.1) is 0 Å². The maximum Gasteiger partial charge on any atom is 0.520 e. The second kappa shape index (κ2) is 6.75. The Hall–Kier alpha value is -3.94. The third-order valence-electron chi connectivity index (χ3n) is 3.78. The Balaban J connectivity index is 1.77. The number of aryl methyl sites for hydroxylation is 1. The molecule has 0 amide bonds. The van der Waals surface area contributed by atoms with Crippen LogP contribution in [0.1, 0.15) is 5.56 Å². The van der Waals surface area contributed by atoms with Gasteiger partial charge in [0, 0.05) is 18.6 Å². The van der Waals surface area contributed by atoms with Gasteiger partial charge >= 0.3 is 6.16 Å². The highest BCUT2D eigenvalue weighted by Gasteiger charge is 2.25. The minimum atomic E-state index is -0.973. The zero-order valence-corrected chi connectivity index (χ0v) is 14.2. The van der Waals surface area contributed by atoms with Gasteiger partial charge in [0.15, 0.2) is 11.0 Å². The predicted molar refractivity (Wildman–Crippen MR) is 96.2 cm³/mol. The molecule has 1 N–H and O–H groups in total. The maximum atomic E-state index is 12.3. The van der Waals surface area contributed by atoms with Gasteiger partial charge in [0.1, 0.15) is 11.6 Å². The third kappa shape index (κ3) is 3.15. The molecule has 0 spiro atoms. The minimum Gasteiger partial charge on any atom is -0.493 e. The van der Waals surface area contributed by atoms with Crippen LogP contribution in [0, 0.1) is 6.92 Å². The summed E-state index contributed by atoms with van der Waals surface area (Å²) in [4.78, 5) is 24.8. The molecule has 0 aliphatic heterocycles. The highest BCUT2D eigenvalue weighted by Crippen LogP contribution is 2.36. The summed E-state index contributed by atoms with van der Waals surface area (Å²) in [5, 5.41) is 10.6. The Labute approximate surface area is 153 Å². The number of pyridine rings is 1. The van der Waals surface area contributed by atoms with Crippen LogP contribution in [0.4, 0.5) is 4.79 Å². The minimum absolute atomic E-state index is 0.0344. The maximum absolute atomic E-state index is 12.3. The molecule has 4 rings (SSSR count). The average Bonchev–Trinajstić information content (AvgIpc) is 2.96. The number of aromatic nitrogens is 4. The van der Waals surface area contributed by atoms with Crippen LogP contribution in [0.15, 0.2) is 61.1 Å². The van der Waals surface area contributed by atoms with Crippen molar-refractivity contribution in [3.8, 4) is 23.3 Å². The van der Waals surface area contributed by atoms with Gasteiger partial charge in [-0.2, -0.15) is 0 Å². The van der Waals surface area contributed by atoms with Crippen molar-refractivity contribution in [3.63, 3.8) is 0 Å². The summed E-state index contributed by atoms with van der Waals surface area (Å²) in [5.41, 5.74) is 1.34. The molecule has 0 fully saturated rings. The van der Waals surface area contributed by atoms with E-state index in [-0.39, 0.29) is 22.8 Å². The van der Waals surface area contributed by atoms with E-state index in [1.807, 2.05) is 13.0 Å². The van der Waals surface area contributed by atoms with Crippen molar-refractivity contribution >= 4 is 17.2 Å². The molecule has 134 valence electrons. The number of carbonyl (C=O) groups excluding carboxylic acids is 1. The Morgan fingerprint density at radius 2 is 1.70 bits per heavy atom. The molecule has 4 aromatic rings. The molecule has 0 aliphatic carbocycles. The summed E-state index contributed by atoms with van der Waals surface area (Å²) in [7, 11) is 0. The second-order valence-electron chi connectivity index (χ2n) is 5.68. The lowest BCUT2D eigenvalue weighted by molar-refractivity contribution is 0.149. The zero-order chi connectivity index (χ0) is 18.8. The molecule has 8 heteroatoms. The van der Waals surface area contributed by atoms with Crippen LogP contribution in [0.3, 0.4) is 0 Å². The molecule has 0 bridgehead atoms. The number of ether oxygens (including phenoxy) is 2. The number of benzene rings is 1. The summed E-state index contributed by atoms with van der Waals surface area (Å²) < 4.78 is 11.8. The Morgan fingerprint density at radius 1 is 0.963 bits per heavy atom. The van der Waals surface area contributed by atoms with Crippen molar-refractivity contribution in [2.75, 3.05) is 0 Å². The van der Waals surface area contributed by atoms with Gasteiger partial charge in [-0.25, -0.2) is 24.3 Å². The molecule has 1 aromatic carbocycles. The van der Waals surface area contributed by atoms with Crippen LogP contribution in [0.25, 0.3) is 16.9 Å². The van der Waals surface area contributed by atoms with E-state index in [0.29, 0.717) is 11.6 Å². The first kappa shape index (κ1) is 16.5. The van der Waals surface area contributed by atoms with E-state index >= 15 is 0 Å². The lowest BCUT2D eigenvalue weighted by Crippen LogP contribution is -2.16. The predicted octanol–water partition coefficient (Wildman–Crippen LogP) is 3.41. The fourth-order valence-corrected chi connectivity index (χ4v) is 2.55. The SMILES string of the molecule is Cc1ccc(-n2c(O)c3nccnc3c2OC(=O)Oc2ccccc2)nc1. The topological polar surface area (TPSA) is 99.4 Å². The summed E-state index contributed by atoms with van der Waals surface area (Å²) in [5.74, 6) is 0.402. The molecule has 0 aliphatic rings. The number of aromatic hydroxyl groups is 1. The lowest BCUT2D eigenvalue weighted by Gasteiger charge is -2.10. The average molecular weight is 362 g/mol. The van der Waals surface area contributed by atoms with Crippen LogP contribution in [-0.2, 0) is 0 Å². The van der Waals surface area contributed by atoms with Gasteiger partial charge in [-0.3, -0.25) is 0 Å². The number of carbonyl (C=O) groups is 1. The van der Waals surface area contributed by atoms with E-state index in [0.717, 1.165) is 5.56 Å². The summed E-state index contributed by atoms with van der Waals surface area (Å²) in [6, 6.07) is 12.0. The molecule has 8 nitrogen and oxygen atoms in total. The first-order chi connectivity index (χ1) is 13.1. The monoisotopic (exact) mass is 362 g/mol. The smallest absolute Gasteiger partial charge is 0.493 e. The van der Waals surface area contributed by atoms with Gasteiger partial charge < -0.3 is 14.6 Å². The van der Waals surface area contributed by atoms with Crippen molar-refractivity contribution in [2.24, 2.45) is 0 Å². The zero-order valence-electron chi connectivity index (χ0n) is 14.2. The van der Waals surface area contributed by atoms with Crippen LogP contribution in [-0.4, -0.2) is 30.8 Å². The van der Waals surface area contributed by atoms with Gasteiger partial charge in [-0.05, 0) is 30.7 Å². The third-order valence-corrected chi connectivity index (χ3v) is 3.78. The number of rotatable bonds is 3. The van der Waals surface area contributed by atoms with E-state index < -0.39 is 6.16 Å². The van der Waals surface area contributed by atoms with Crippen molar-refractivity contribution in [2.45, 2.75) is 6.92 Å². The standard InChI is InChI=1S/C19H14N4O4/c1-12-7-8-14(22-11-12)23-17(24)15-16(21-10-9-20-15)18(23)27-19(25)26-13-5-3-2-4-6-13/h2-11,24H,1H3. The van der Waals surface area contributed by atoms with Crippen LogP contribution >= 0.6 is 0 Å². The summed E-state index contributed by atoms with van der Waals surface area (Å²) in [6.45, 7) is 1.89. The fourth-order valence-electron chi connectivity index (χ4n) is 2.55. The largest absolute Gasteiger partial charge is 0.520 e. The van der Waals surface area contributed by atoms with Crippen molar-refractivity contribution in [1.29, 1.82) is 0 Å². The highest BCUT2D eigenvalue weighted by atomic mass is 16.7. The number of para-hydroxylation sites is 1. The summed E-state index contributed by atoms with van der Waals surface area (Å²) >= 11 is 0. The van der Waals surface area contributed by atoms with E-state index in [1.165, 1.54) is 17.0 Å². The number of hydrogen-bond donors (Lipinski definition) is 1. The number of nitrogens with zero attached hydrogens (tertiary/aromatic N) is 4. The quantitative estimate of drug-likeness (QED) is 0.440. The fraction of sp³-hybridized carbons (Fsp3) is 0.0526. The first-order valence-electron chi connectivity index (χ1n) is 8.05. The lowest BCUT2D eigenvalue weighted by atomic mass is 10.3. The molecule has 3 heterocycles. The Bertz CT molecular complexity index is 1110. The van der Waals surface area contributed by atoms with E-state index in [4.69, 9.17) is 9.47 Å². The Kier molecular flexibility index (Phi) is 4.13. The molecule has 0 saturated carbocycles. The first-order valence-corrected chi connectivity index (χ1v) is 8.05. The molecule has 0 unspecified atom stereocenters. The van der Waals surface area contributed by atoms with Crippen molar-refractivity contribution in [1.82, 2.24) is 19.5 Å². The molecule has 0 saturated heterocycles. The van der Waals surface area contributed by atoms with Gasteiger partial charge in [-0.1, -0.05) is 24.3 Å². The Morgan fingerprint density at radius 3 is 2.41 bits per heavy atom.